The average molecular weight is 331 g/mol. The lowest BCUT2D eigenvalue weighted by molar-refractivity contribution is -0.214. The van der Waals surface area contributed by atoms with Gasteiger partial charge in [0.2, 0.25) is 5.91 Å². The second kappa shape index (κ2) is 7.02. The molecule has 1 rings (SSSR count). The molecule has 0 heterocycles. The monoisotopic (exact) mass is 331 g/mol. The molecule has 1 amide bonds. The van der Waals surface area contributed by atoms with E-state index in [0.29, 0.717) is 5.56 Å². The van der Waals surface area contributed by atoms with Gasteiger partial charge in [0, 0.05) is 6.42 Å². The molecule has 0 spiro atoms. The van der Waals surface area contributed by atoms with Gasteiger partial charge in [0.1, 0.15) is 0 Å². The Morgan fingerprint density at radius 2 is 1.70 bits per heavy atom. The van der Waals surface area contributed by atoms with Crippen molar-refractivity contribution in [1.82, 2.24) is 5.32 Å². The summed E-state index contributed by atoms with van der Waals surface area (Å²) in [4.78, 5) is 23.2. The lowest BCUT2D eigenvalue weighted by Gasteiger charge is -2.29. The summed E-state index contributed by atoms with van der Waals surface area (Å²) in [6, 6.07) is 7.41. The average Bonchev–Trinajstić information content (AvgIpc) is 2.43. The van der Waals surface area contributed by atoms with Crippen LogP contribution in [-0.4, -0.2) is 23.2 Å². The molecular weight excluding hydrogens is 311 g/mol. The van der Waals surface area contributed by atoms with Crippen LogP contribution in [0.25, 0.3) is 0 Å². The normalized spacial score (nSPS) is 14.9. The number of carbonyl (C=O) groups excluding carboxylic acids is 1. The zero-order valence-corrected chi connectivity index (χ0v) is 13.1. The lowest BCUT2D eigenvalue weighted by atomic mass is 9.87. The molecule has 0 saturated heterocycles. The molecule has 4 nitrogen and oxygen atoms in total. The Kier molecular flexibility index (Phi) is 5.80. The van der Waals surface area contributed by atoms with E-state index in [2.05, 4.69) is 5.32 Å². The molecule has 0 fully saturated rings. The molecule has 0 saturated carbocycles. The second-order valence-corrected chi connectivity index (χ2v) is 6.14. The number of carboxylic acid groups (broad SMARTS) is 1. The molecule has 1 aromatic rings. The fraction of sp³-hybridized carbons (Fsp3) is 0.500. The van der Waals surface area contributed by atoms with Gasteiger partial charge in [-0.2, -0.15) is 13.2 Å². The van der Waals surface area contributed by atoms with E-state index in [1.54, 1.807) is 30.3 Å². The van der Waals surface area contributed by atoms with Crippen molar-refractivity contribution < 1.29 is 27.9 Å². The molecule has 2 unspecified atom stereocenters. The number of benzene rings is 1. The van der Waals surface area contributed by atoms with Crippen molar-refractivity contribution in [1.29, 1.82) is 0 Å². The predicted molar refractivity (Wildman–Crippen MR) is 78.6 cm³/mol. The van der Waals surface area contributed by atoms with Gasteiger partial charge in [0.15, 0.2) is 0 Å². The summed E-state index contributed by atoms with van der Waals surface area (Å²) in [5.41, 5.74) is -1.66. The number of aliphatic carboxylic acids is 1. The number of rotatable bonds is 6. The molecule has 0 aliphatic heterocycles. The van der Waals surface area contributed by atoms with E-state index in [1.807, 2.05) is 0 Å². The third-order valence-electron chi connectivity index (χ3n) is 3.73. The Morgan fingerprint density at radius 3 is 2.13 bits per heavy atom. The SMILES string of the molecule is CC(C(=O)O)C(NC(=O)CC(C)(C)C(F)(F)F)c1ccccc1. The van der Waals surface area contributed by atoms with Crippen molar-refractivity contribution in [3.05, 3.63) is 35.9 Å². The highest BCUT2D eigenvalue weighted by atomic mass is 19.4. The maximum Gasteiger partial charge on any atom is 0.394 e. The highest BCUT2D eigenvalue weighted by molar-refractivity contribution is 5.79. The number of hydrogen-bond acceptors (Lipinski definition) is 2. The van der Waals surface area contributed by atoms with E-state index in [4.69, 9.17) is 5.11 Å². The maximum absolute atomic E-state index is 12.9. The minimum atomic E-state index is -4.52. The van der Waals surface area contributed by atoms with Crippen molar-refractivity contribution in [2.75, 3.05) is 0 Å². The number of hydrogen-bond donors (Lipinski definition) is 2. The van der Waals surface area contributed by atoms with Gasteiger partial charge in [-0.25, -0.2) is 0 Å². The molecule has 1 aromatic carbocycles. The first-order valence-electron chi connectivity index (χ1n) is 7.09. The van der Waals surface area contributed by atoms with Gasteiger partial charge < -0.3 is 10.4 Å². The van der Waals surface area contributed by atoms with Gasteiger partial charge >= 0.3 is 12.1 Å². The minimum Gasteiger partial charge on any atom is -0.481 e. The van der Waals surface area contributed by atoms with Crippen LogP contribution >= 0.6 is 0 Å². The molecule has 0 aromatic heterocycles. The van der Waals surface area contributed by atoms with Crippen molar-refractivity contribution in [2.24, 2.45) is 11.3 Å². The smallest absolute Gasteiger partial charge is 0.394 e. The van der Waals surface area contributed by atoms with Crippen LogP contribution in [0.4, 0.5) is 13.2 Å². The Morgan fingerprint density at radius 1 is 1.17 bits per heavy atom. The summed E-state index contributed by atoms with van der Waals surface area (Å²) in [6.07, 6.45) is -5.29. The summed E-state index contributed by atoms with van der Waals surface area (Å²) in [5, 5.41) is 11.6. The quantitative estimate of drug-likeness (QED) is 0.838. The van der Waals surface area contributed by atoms with E-state index in [0.717, 1.165) is 13.8 Å². The maximum atomic E-state index is 12.9. The molecule has 7 heteroatoms. The lowest BCUT2D eigenvalue weighted by Crippen LogP contribution is -2.41. The zero-order valence-electron chi connectivity index (χ0n) is 13.1. The summed E-state index contributed by atoms with van der Waals surface area (Å²) in [5.74, 6) is -2.96. The summed E-state index contributed by atoms with van der Waals surface area (Å²) in [6.45, 7) is 3.27. The number of alkyl halides is 3. The van der Waals surface area contributed by atoms with Crippen LogP contribution in [0.5, 0.6) is 0 Å². The van der Waals surface area contributed by atoms with Crippen molar-refractivity contribution in [3.8, 4) is 0 Å². The predicted octanol–water partition coefficient (Wildman–Crippen LogP) is 3.54. The number of nitrogens with one attached hydrogen (secondary N) is 1. The number of carbonyl (C=O) groups is 2. The van der Waals surface area contributed by atoms with E-state index in [9.17, 15) is 22.8 Å². The van der Waals surface area contributed by atoms with Crippen LogP contribution in [-0.2, 0) is 9.59 Å². The van der Waals surface area contributed by atoms with E-state index in [-0.39, 0.29) is 0 Å². The van der Waals surface area contributed by atoms with E-state index in [1.165, 1.54) is 6.92 Å². The third-order valence-corrected chi connectivity index (χ3v) is 3.73. The first-order chi connectivity index (χ1) is 10.5. The number of amides is 1. The van der Waals surface area contributed by atoms with Crippen LogP contribution in [0.1, 0.15) is 38.8 Å². The molecule has 0 radical (unpaired) electrons. The van der Waals surface area contributed by atoms with Crippen molar-refractivity contribution >= 4 is 11.9 Å². The molecule has 2 N–H and O–H groups in total. The fourth-order valence-corrected chi connectivity index (χ4v) is 2.03. The van der Waals surface area contributed by atoms with Crippen LogP contribution in [0.15, 0.2) is 30.3 Å². The highest BCUT2D eigenvalue weighted by Gasteiger charge is 2.48. The van der Waals surface area contributed by atoms with E-state index >= 15 is 0 Å². The van der Waals surface area contributed by atoms with Crippen molar-refractivity contribution in [2.45, 2.75) is 39.4 Å². The molecule has 0 aliphatic carbocycles. The largest absolute Gasteiger partial charge is 0.481 e. The molecule has 0 aliphatic rings. The van der Waals surface area contributed by atoms with Crippen LogP contribution in [0, 0.1) is 11.3 Å². The summed E-state index contributed by atoms with van der Waals surface area (Å²) >= 11 is 0. The molecule has 128 valence electrons. The third kappa shape index (κ3) is 4.97. The summed E-state index contributed by atoms with van der Waals surface area (Å²) < 4.78 is 38.6. The van der Waals surface area contributed by atoms with Crippen LogP contribution < -0.4 is 5.32 Å². The molecular formula is C16H20F3NO3. The Labute approximate surface area is 132 Å². The van der Waals surface area contributed by atoms with Gasteiger partial charge in [-0.05, 0) is 12.5 Å². The van der Waals surface area contributed by atoms with Gasteiger partial charge in [-0.3, -0.25) is 9.59 Å². The van der Waals surface area contributed by atoms with Crippen LogP contribution in [0.2, 0.25) is 0 Å². The van der Waals surface area contributed by atoms with Crippen molar-refractivity contribution in [3.63, 3.8) is 0 Å². The molecule has 2 atom stereocenters. The topological polar surface area (TPSA) is 66.4 Å². The highest BCUT2D eigenvalue weighted by Crippen LogP contribution is 2.40. The first-order valence-corrected chi connectivity index (χ1v) is 7.09. The second-order valence-electron chi connectivity index (χ2n) is 6.14. The van der Waals surface area contributed by atoms with Gasteiger partial charge in [-0.1, -0.05) is 44.2 Å². The minimum absolute atomic E-state index is 0.528. The first kappa shape index (κ1) is 19.0. The Bertz CT molecular complexity index is 555. The summed E-state index contributed by atoms with van der Waals surface area (Å²) in [7, 11) is 0. The zero-order chi connectivity index (χ0) is 17.8. The number of halogens is 3. The fourth-order valence-electron chi connectivity index (χ4n) is 2.03. The van der Waals surface area contributed by atoms with E-state index < -0.39 is 41.8 Å². The Balaban J connectivity index is 2.94. The van der Waals surface area contributed by atoms with Crippen LogP contribution in [0.3, 0.4) is 0 Å². The standard InChI is InChI=1S/C16H20F3NO3/c1-10(14(22)23)13(11-7-5-4-6-8-11)20-12(21)9-15(2,3)16(17,18)19/h4-8,10,13H,9H2,1-3H3,(H,20,21)(H,22,23). The van der Waals surface area contributed by atoms with Gasteiger partial charge in [0.05, 0.1) is 17.4 Å². The van der Waals surface area contributed by atoms with Gasteiger partial charge in [-0.15, -0.1) is 0 Å². The Hall–Kier alpha value is -2.05. The van der Waals surface area contributed by atoms with Gasteiger partial charge in [0.25, 0.3) is 0 Å². The number of carboxylic acids is 1. The molecule has 23 heavy (non-hydrogen) atoms. The molecule has 0 bridgehead atoms.